The molecule has 0 aliphatic heterocycles. The Balaban J connectivity index is 1.44. The molecule has 26 heavy (non-hydrogen) atoms. The number of hydrogen-bond donors (Lipinski definition) is 2. The van der Waals surface area contributed by atoms with Crippen molar-refractivity contribution >= 4 is 22.6 Å². The first-order valence-corrected chi connectivity index (χ1v) is 8.85. The first kappa shape index (κ1) is 16.3. The minimum Gasteiger partial charge on any atom is -0.352 e. The maximum atomic E-state index is 12.5. The van der Waals surface area contributed by atoms with Crippen LogP contribution < -0.4 is 5.32 Å². The topological polar surface area (TPSA) is 75.1 Å². The van der Waals surface area contributed by atoms with Crippen molar-refractivity contribution in [2.24, 2.45) is 0 Å². The van der Waals surface area contributed by atoms with E-state index in [0.29, 0.717) is 18.5 Å². The number of aromatic nitrogens is 4. The molecule has 0 aliphatic rings. The number of imidazole rings is 2. The first-order valence-electron chi connectivity index (χ1n) is 8.85. The SMILES string of the molecule is CCc1nc2ccc(C(=O)NCCc3nc4ccccc4[nH]3)cn2c1C. The van der Waals surface area contributed by atoms with Crippen LogP contribution in [0.4, 0.5) is 0 Å². The van der Waals surface area contributed by atoms with Crippen molar-refractivity contribution in [3.63, 3.8) is 0 Å². The summed E-state index contributed by atoms with van der Waals surface area (Å²) in [6.07, 6.45) is 3.40. The number of amides is 1. The number of pyridine rings is 1. The second-order valence-corrected chi connectivity index (χ2v) is 6.35. The fraction of sp³-hybridized carbons (Fsp3) is 0.250. The fourth-order valence-electron chi connectivity index (χ4n) is 3.20. The average Bonchev–Trinajstić information content (AvgIpc) is 3.21. The van der Waals surface area contributed by atoms with Crippen molar-refractivity contribution in [3.05, 3.63) is 65.4 Å². The monoisotopic (exact) mass is 347 g/mol. The van der Waals surface area contributed by atoms with E-state index >= 15 is 0 Å². The van der Waals surface area contributed by atoms with Gasteiger partial charge in [-0.3, -0.25) is 4.79 Å². The molecular weight excluding hydrogens is 326 g/mol. The van der Waals surface area contributed by atoms with Gasteiger partial charge < -0.3 is 14.7 Å². The van der Waals surface area contributed by atoms with Crippen LogP contribution in [0.25, 0.3) is 16.7 Å². The van der Waals surface area contributed by atoms with Crippen molar-refractivity contribution < 1.29 is 4.79 Å². The van der Waals surface area contributed by atoms with E-state index in [1.54, 1.807) is 0 Å². The van der Waals surface area contributed by atoms with Crippen LogP contribution in [-0.2, 0) is 12.8 Å². The standard InChI is InChI=1S/C20H21N5O/c1-3-15-13(2)25-12-14(8-9-19(25)24-15)20(26)21-11-10-18-22-16-6-4-5-7-17(16)23-18/h4-9,12H,3,10-11H2,1-2H3,(H,21,26)(H,22,23). The van der Waals surface area contributed by atoms with Crippen molar-refractivity contribution in [2.45, 2.75) is 26.7 Å². The van der Waals surface area contributed by atoms with E-state index < -0.39 is 0 Å². The van der Waals surface area contributed by atoms with E-state index in [4.69, 9.17) is 0 Å². The van der Waals surface area contributed by atoms with Crippen LogP contribution in [0.5, 0.6) is 0 Å². The van der Waals surface area contributed by atoms with E-state index in [0.717, 1.165) is 40.3 Å². The van der Waals surface area contributed by atoms with Crippen molar-refractivity contribution in [1.82, 2.24) is 24.7 Å². The molecule has 0 saturated heterocycles. The molecule has 0 fully saturated rings. The van der Waals surface area contributed by atoms with Crippen LogP contribution in [0, 0.1) is 6.92 Å². The Kier molecular flexibility index (Phi) is 4.16. The molecule has 6 nitrogen and oxygen atoms in total. The van der Waals surface area contributed by atoms with Gasteiger partial charge in [0.1, 0.15) is 11.5 Å². The number of hydrogen-bond acceptors (Lipinski definition) is 3. The van der Waals surface area contributed by atoms with Crippen molar-refractivity contribution in [3.8, 4) is 0 Å². The van der Waals surface area contributed by atoms with Crippen molar-refractivity contribution in [2.75, 3.05) is 6.54 Å². The second-order valence-electron chi connectivity index (χ2n) is 6.35. The van der Waals surface area contributed by atoms with Gasteiger partial charge in [0.25, 0.3) is 5.91 Å². The summed E-state index contributed by atoms with van der Waals surface area (Å²) >= 11 is 0. The quantitative estimate of drug-likeness (QED) is 0.583. The third-order valence-electron chi connectivity index (χ3n) is 4.64. The summed E-state index contributed by atoms with van der Waals surface area (Å²) in [5, 5.41) is 2.96. The zero-order valence-corrected chi connectivity index (χ0v) is 14.9. The molecule has 3 aromatic heterocycles. The minimum absolute atomic E-state index is 0.0887. The van der Waals surface area contributed by atoms with E-state index in [-0.39, 0.29) is 5.91 Å². The number of carbonyl (C=O) groups is 1. The predicted octanol–water partition coefficient (Wildman–Crippen LogP) is 3.05. The summed E-state index contributed by atoms with van der Waals surface area (Å²) in [6.45, 7) is 4.64. The molecule has 0 aliphatic carbocycles. The Bertz CT molecular complexity index is 1060. The highest BCUT2D eigenvalue weighted by molar-refractivity contribution is 5.94. The lowest BCUT2D eigenvalue weighted by molar-refractivity contribution is 0.0953. The number of nitrogens with one attached hydrogen (secondary N) is 2. The predicted molar refractivity (Wildman–Crippen MR) is 101 cm³/mol. The van der Waals surface area contributed by atoms with E-state index in [9.17, 15) is 4.79 Å². The highest BCUT2D eigenvalue weighted by Gasteiger charge is 2.11. The van der Waals surface area contributed by atoms with Gasteiger partial charge in [0.2, 0.25) is 0 Å². The number of carbonyl (C=O) groups excluding carboxylic acids is 1. The minimum atomic E-state index is -0.0887. The smallest absolute Gasteiger partial charge is 0.252 e. The highest BCUT2D eigenvalue weighted by atomic mass is 16.1. The van der Waals surface area contributed by atoms with Crippen LogP contribution in [0.15, 0.2) is 42.6 Å². The van der Waals surface area contributed by atoms with E-state index in [2.05, 4.69) is 27.2 Å². The van der Waals surface area contributed by atoms with Gasteiger partial charge in [-0.05, 0) is 37.6 Å². The summed E-state index contributed by atoms with van der Waals surface area (Å²) < 4.78 is 1.98. The summed E-state index contributed by atoms with van der Waals surface area (Å²) in [5.41, 5.74) is 5.61. The van der Waals surface area contributed by atoms with Gasteiger partial charge in [0.15, 0.2) is 0 Å². The molecule has 6 heteroatoms. The van der Waals surface area contributed by atoms with E-state index in [1.165, 1.54) is 0 Å². The Labute approximate surface area is 151 Å². The highest BCUT2D eigenvalue weighted by Crippen LogP contribution is 2.14. The Morgan fingerprint density at radius 3 is 2.85 bits per heavy atom. The van der Waals surface area contributed by atoms with Gasteiger partial charge in [-0.25, -0.2) is 9.97 Å². The number of para-hydroxylation sites is 2. The second kappa shape index (κ2) is 6.63. The molecule has 1 amide bonds. The number of aryl methyl sites for hydroxylation is 2. The molecule has 0 saturated carbocycles. The van der Waals surface area contributed by atoms with Gasteiger partial charge in [-0.15, -0.1) is 0 Å². The number of aromatic amines is 1. The fourth-order valence-corrected chi connectivity index (χ4v) is 3.20. The third-order valence-corrected chi connectivity index (χ3v) is 4.64. The van der Waals surface area contributed by atoms with Crippen LogP contribution in [0.3, 0.4) is 0 Å². The van der Waals surface area contributed by atoms with Crippen LogP contribution in [-0.4, -0.2) is 31.8 Å². The van der Waals surface area contributed by atoms with Gasteiger partial charge in [-0.2, -0.15) is 0 Å². The average molecular weight is 347 g/mol. The number of H-pyrrole nitrogens is 1. The molecule has 0 unspecified atom stereocenters. The lowest BCUT2D eigenvalue weighted by atomic mass is 10.2. The molecule has 0 radical (unpaired) electrons. The molecule has 0 bridgehead atoms. The Morgan fingerprint density at radius 1 is 1.19 bits per heavy atom. The number of nitrogens with zero attached hydrogens (tertiary/aromatic N) is 3. The number of fused-ring (bicyclic) bond motifs is 2. The van der Waals surface area contributed by atoms with Crippen LogP contribution in [0.1, 0.15) is 34.5 Å². The van der Waals surface area contributed by atoms with Crippen molar-refractivity contribution in [1.29, 1.82) is 0 Å². The summed E-state index contributed by atoms with van der Waals surface area (Å²) in [6, 6.07) is 11.6. The molecule has 1 aromatic carbocycles. The van der Waals surface area contributed by atoms with E-state index in [1.807, 2.05) is 53.9 Å². The largest absolute Gasteiger partial charge is 0.352 e. The molecular formula is C20H21N5O. The first-order chi connectivity index (χ1) is 12.7. The van der Waals surface area contributed by atoms with Gasteiger partial charge in [0, 0.05) is 24.9 Å². The summed E-state index contributed by atoms with van der Waals surface area (Å²) in [4.78, 5) is 24.8. The summed E-state index contributed by atoms with van der Waals surface area (Å²) in [5.74, 6) is 0.786. The summed E-state index contributed by atoms with van der Waals surface area (Å²) in [7, 11) is 0. The Morgan fingerprint density at radius 2 is 2.04 bits per heavy atom. The zero-order valence-electron chi connectivity index (χ0n) is 14.9. The molecule has 3 heterocycles. The molecule has 0 atom stereocenters. The van der Waals surface area contributed by atoms with Gasteiger partial charge in [0.05, 0.1) is 22.3 Å². The number of rotatable bonds is 5. The van der Waals surface area contributed by atoms with Crippen LogP contribution in [0.2, 0.25) is 0 Å². The van der Waals surface area contributed by atoms with Gasteiger partial charge in [-0.1, -0.05) is 19.1 Å². The zero-order chi connectivity index (χ0) is 18.1. The Hall–Kier alpha value is -3.15. The van der Waals surface area contributed by atoms with Gasteiger partial charge >= 0.3 is 0 Å². The lowest BCUT2D eigenvalue weighted by Crippen LogP contribution is -2.26. The molecule has 132 valence electrons. The molecule has 0 spiro atoms. The number of benzene rings is 1. The maximum absolute atomic E-state index is 12.5. The lowest BCUT2D eigenvalue weighted by Gasteiger charge is -2.05. The molecule has 4 rings (SSSR count). The van der Waals surface area contributed by atoms with Crippen LogP contribution >= 0.6 is 0 Å². The molecule has 4 aromatic rings. The third kappa shape index (κ3) is 2.94. The maximum Gasteiger partial charge on any atom is 0.252 e. The molecule has 2 N–H and O–H groups in total. The normalized spacial score (nSPS) is 11.3.